The van der Waals surface area contributed by atoms with Gasteiger partial charge in [-0.05, 0) is 25.0 Å². The highest BCUT2D eigenvalue weighted by Crippen LogP contribution is 2.78. The molecule has 2 aliphatic carbocycles. The maximum Gasteiger partial charge on any atom is 0.213 e. The van der Waals surface area contributed by atoms with E-state index in [1.807, 2.05) is 38.1 Å². The Morgan fingerprint density at radius 1 is 1.04 bits per heavy atom. The molecule has 1 fully saturated rings. The molecule has 0 spiro atoms. The number of halogens is 4. The van der Waals surface area contributed by atoms with Crippen LogP contribution in [0.15, 0.2) is 44.8 Å². The van der Waals surface area contributed by atoms with Crippen LogP contribution in [-0.2, 0) is 9.84 Å². The van der Waals surface area contributed by atoms with Crippen molar-refractivity contribution in [3.63, 3.8) is 0 Å². The Morgan fingerprint density at radius 3 is 2.09 bits per heavy atom. The van der Waals surface area contributed by atoms with Gasteiger partial charge in [-0.2, -0.15) is 0 Å². The number of allylic oxidation sites excluding steroid dienone is 3. The molecule has 1 heterocycles. The highest BCUT2D eigenvalue weighted by molar-refractivity contribution is 8.00. The first-order valence-corrected chi connectivity index (χ1v) is 10.1. The zero-order chi connectivity index (χ0) is 16.9. The number of sulfone groups is 1. The lowest BCUT2D eigenvalue weighted by molar-refractivity contribution is 0.530. The molecule has 0 N–H and O–H groups in total. The average molecular weight is 410 g/mol. The molecule has 122 valence electrons. The lowest BCUT2D eigenvalue weighted by Crippen LogP contribution is -2.50. The van der Waals surface area contributed by atoms with Crippen LogP contribution in [0.4, 0.5) is 0 Å². The lowest BCUT2D eigenvalue weighted by atomic mass is 9.82. The van der Waals surface area contributed by atoms with E-state index in [0.29, 0.717) is 0 Å². The first-order chi connectivity index (χ1) is 10.6. The fraction of sp³-hybridized carbons (Fsp3) is 0.375. The van der Waals surface area contributed by atoms with Gasteiger partial charge in [0.1, 0.15) is 4.87 Å². The van der Waals surface area contributed by atoms with Gasteiger partial charge in [-0.25, -0.2) is 8.42 Å². The Labute approximate surface area is 155 Å². The predicted molar refractivity (Wildman–Crippen MR) is 95.1 cm³/mol. The van der Waals surface area contributed by atoms with Crippen LogP contribution in [0.3, 0.4) is 0 Å². The van der Waals surface area contributed by atoms with Crippen molar-refractivity contribution in [2.45, 2.75) is 34.8 Å². The smallest absolute Gasteiger partial charge is 0.213 e. The molecule has 4 atom stereocenters. The number of fused-ring (bicyclic) bond motifs is 8. The van der Waals surface area contributed by atoms with Crippen LogP contribution in [-0.4, -0.2) is 17.5 Å². The number of alkyl halides is 2. The molecule has 2 nitrogen and oxygen atoms in total. The van der Waals surface area contributed by atoms with Gasteiger partial charge in [0.2, 0.25) is 9.84 Å². The second-order valence-electron chi connectivity index (χ2n) is 6.40. The van der Waals surface area contributed by atoms with Gasteiger partial charge in [0.25, 0.3) is 0 Å². The van der Waals surface area contributed by atoms with Gasteiger partial charge < -0.3 is 0 Å². The molecule has 1 aliphatic heterocycles. The third-order valence-corrected chi connectivity index (χ3v) is 10.8. The van der Waals surface area contributed by atoms with E-state index in [1.54, 1.807) is 0 Å². The van der Waals surface area contributed by atoms with Crippen LogP contribution in [0.5, 0.6) is 0 Å². The normalized spacial score (nSPS) is 39.7. The quantitative estimate of drug-likeness (QED) is 0.435. The summed E-state index contributed by atoms with van der Waals surface area (Å²) in [5.41, 5.74) is 3.79. The van der Waals surface area contributed by atoms with E-state index >= 15 is 0 Å². The largest absolute Gasteiger partial charge is 0.221 e. The lowest BCUT2D eigenvalue weighted by Gasteiger charge is -2.39. The number of hydrogen-bond acceptors (Lipinski definition) is 2. The minimum atomic E-state index is -4.04. The monoisotopic (exact) mass is 408 g/mol. The third-order valence-electron chi connectivity index (χ3n) is 5.20. The van der Waals surface area contributed by atoms with E-state index in [2.05, 4.69) is 0 Å². The zero-order valence-corrected chi connectivity index (χ0v) is 16.0. The second kappa shape index (κ2) is 4.50. The van der Waals surface area contributed by atoms with Gasteiger partial charge in [-0.3, -0.25) is 0 Å². The zero-order valence-electron chi connectivity index (χ0n) is 12.2. The Morgan fingerprint density at radius 2 is 1.57 bits per heavy atom. The van der Waals surface area contributed by atoms with Crippen molar-refractivity contribution in [3.8, 4) is 0 Å². The van der Waals surface area contributed by atoms with Crippen molar-refractivity contribution < 1.29 is 8.42 Å². The summed E-state index contributed by atoms with van der Waals surface area (Å²) in [5, 5.41) is -0.0726. The fourth-order valence-electron chi connectivity index (χ4n) is 4.37. The summed E-state index contributed by atoms with van der Waals surface area (Å²) in [7, 11) is -4.04. The van der Waals surface area contributed by atoms with Gasteiger partial charge in [0.05, 0.1) is 5.03 Å². The molecular formula is C16H12Cl4O2S. The molecule has 0 saturated heterocycles. The molecule has 4 rings (SSSR count). The summed E-state index contributed by atoms with van der Waals surface area (Å²) >= 11 is 26.1. The van der Waals surface area contributed by atoms with E-state index in [-0.39, 0.29) is 5.03 Å². The van der Waals surface area contributed by atoms with Crippen molar-refractivity contribution in [1.82, 2.24) is 0 Å². The first kappa shape index (κ1) is 16.3. The highest BCUT2D eigenvalue weighted by atomic mass is 35.5. The first-order valence-electron chi connectivity index (χ1n) is 7.06. The molecule has 0 aromatic heterocycles. The highest BCUT2D eigenvalue weighted by Gasteiger charge is 2.81. The number of hydrogen-bond donors (Lipinski definition) is 0. The Balaban J connectivity index is 2.20. The van der Waals surface area contributed by atoms with Crippen LogP contribution in [0.2, 0.25) is 0 Å². The van der Waals surface area contributed by atoms with Crippen molar-refractivity contribution in [1.29, 1.82) is 0 Å². The van der Waals surface area contributed by atoms with Gasteiger partial charge in [0, 0.05) is 11.8 Å². The van der Waals surface area contributed by atoms with Gasteiger partial charge >= 0.3 is 0 Å². The summed E-state index contributed by atoms with van der Waals surface area (Å²) in [6, 6.07) is 7.63. The van der Waals surface area contributed by atoms with Crippen molar-refractivity contribution >= 4 is 56.2 Å². The molecule has 0 amide bonds. The number of benzene rings is 1. The van der Waals surface area contributed by atoms with Crippen molar-refractivity contribution in [2.24, 2.45) is 0 Å². The molecule has 1 aromatic rings. The van der Waals surface area contributed by atoms with E-state index in [1.165, 1.54) is 0 Å². The Kier molecular flexibility index (Phi) is 3.19. The summed E-state index contributed by atoms with van der Waals surface area (Å²) in [6.07, 6.45) is 0. The fourth-order valence-corrected chi connectivity index (χ4v) is 9.02. The van der Waals surface area contributed by atoms with E-state index in [0.717, 1.165) is 22.3 Å². The minimum absolute atomic E-state index is 0.0726. The summed E-state index contributed by atoms with van der Waals surface area (Å²) in [4.78, 5) is -1.47. The maximum absolute atomic E-state index is 13.0. The third kappa shape index (κ3) is 1.45. The Hall–Kier alpha value is -0.190. The summed E-state index contributed by atoms with van der Waals surface area (Å²) < 4.78 is 23.7. The summed E-state index contributed by atoms with van der Waals surface area (Å²) in [5.74, 6) is -0.950. The van der Waals surface area contributed by atoms with E-state index < -0.39 is 35.1 Å². The van der Waals surface area contributed by atoms with Gasteiger partial charge in [-0.15, -0.1) is 11.6 Å². The maximum atomic E-state index is 13.0. The van der Waals surface area contributed by atoms with Crippen molar-refractivity contribution in [2.75, 3.05) is 0 Å². The summed E-state index contributed by atoms with van der Waals surface area (Å²) in [6.45, 7) is 3.88. The van der Waals surface area contributed by atoms with Gasteiger partial charge in [-0.1, -0.05) is 70.2 Å². The van der Waals surface area contributed by atoms with Crippen LogP contribution in [0.25, 0.3) is 0 Å². The predicted octanol–water partition coefficient (Wildman–Crippen LogP) is 5.21. The van der Waals surface area contributed by atoms with Crippen LogP contribution >= 0.6 is 46.4 Å². The standard InChI is InChI=1S/C16H12Cl4O2S/c1-7(2)10-11-8-5-3-4-6-9(8)12(10)16(20)15(11,19)13(17)14(18)23(16,21)22/h3-6,11-12H,1-2H3/t11-,12-,15-,16+/m1/s1. The van der Waals surface area contributed by atoms with Crippen molar-refractivity contribution in [3.05, 3.63) is 55.9 Å². The molecule has 23 heavy (non-hydrogen) atoms. The molecule has 3 aliphatic rings. The topological polar surface area (TPSA) is 34.1 Å². The van der Waals surface area contributed by atoms with Gasteiger partial charge in [0.15, 0.2) is 8.57 Å². The second-order valence-corrected chi connectivity index (χ2v) is 10.9. The van der Waals surface area contributed by atoms with Crippen LogP contribution < -0.4 is 0 Å². The number of rotatable bonds is 0. The SMILES string of the molecule is CC(C)=C1[C@H]2c3ccccc3[C@H]1[C@@]1(Cl)C(Cl)=C(Cl)S(=O)(=O)[C@@]21Cl. The van der Waals surface area contributed by atoms with E-state index in [9.17, 15) is 8.42 Å². The average Bonchev–Trinajstić information content (AvgIpc) is 2.99. The van der Waals surface area contributed by atoms with Crippen LogP contribution in [0.1, 0.15) is 36.8 Å². The molecule has 1 saturated carbocycles. The van der Waals surface area contributed by atoms with E-state index in [4.69, 9.17) is 46.4 Å². The molecule has 0 radical (unpaired) electrons. The molecule has 7 heteroatoms. The molecule has 1 aromatic carbocycles. The van der Waals surface area contributed by atoms with Crippen LogP contribution in [0, 0.1) is 0 Å². The Bertz CT molecular complexity index is 929. The molecule has 0 unspecified atom stereocenters. The molecule has 2 bridgehead atoms. The molecular weight excluding hydrogens is 398 g/mol. The minimum Gasteiger partial charge on any atom is -0.221 e.